The van der Waals surface area contributed by atoms with Gasteiger partial charge in [-0.05, 0) is 55.5 Å². The third-order valence-corrected chi connectivity index (χ3v) is 5.66. The van der Waals surface area contributed by atoms with Crippen LogP contribution in [0.2, 0.25) is 0 Å². The second-order valence-electron chi connectivity index (χ2n) is 7.62. The molecule has 2 aromatic heterocycles. The smallest absolute Gasteiger partial charge is 0.261 e. The topological polar surface area (TPSA) is 96.8 Å². The van der Waals surface area contributed by atoms with Crippen LogP contribution in [-0.4, -0.2) is 20.4 Å². The van der Waals surface area contributed by atoms with Crippen LogP contribution < -0.4 is 16.4 Å². The number of benzene rings is 2. The van der Waals surface area contributed by atoms with Crippen molar-refractivity contribution in [2.75, 3.05) is 5.32 Å². The van der Waals surface area contributed by atoms with E-state index in [9.17, 15) is 14.4 Å². The highest BCUT2D eigenvalue weighted by molar-refractivity contribution is 5.94. The van der Waals surface area contributed by atoms with E-state index in [4.69, 9.17) is 0 Å². The molecule has 0 radical (unpaired) electrons. The SMILES string of the molecule is O=C(Cn1cnc2ccccc2c1=O)Nc1ccc2c3c(c(=O)[nH]c2c1)CCCC3. The zero-order valence-corrected chi connectivity index (χ0v) is 16.3. The van der Waals surface area contributed by atoms with Crippen molar-refractivity contribution >= 4 is 33.4 Å². The highest BCUT2D eigenvalue weighted by Crippen LogP contribution is 2.27. The van der Waals surface area contributed by atoms with Gasteiger partial charge in [0.2, 0.25) is 5.91 Å². The zero-order chi connectivity index (χ0) is 20.7. The number of pyridine rings is 1. The molecule has 1 aliphatic carbocycles. The fourth-order valence-corrected chi connectivity index (χ4v) is 4.21. The molecule has 1 amide bonds. The van der Waals surface area contributed by atoms with Crippen LogP contribution in [0.3, 0.4) is 0 Å². The number of hydrogen-bond acceptors (Lipinski definition) is 4. The van der Waals surface area contributed by atoms with Crippen LogP contribution in [-0.2, 0) is 24.2 Å². The second kappa shape index (κ2) is 7.26. The maximum Gasteiger partial charge on any atom is 0.261 e. The molecule has 2 heterocycles. The molecule has 7 nitrogen and oxygen atoms in total. The first-order valence-corrected chi connectivity index (χ1v) is 10.0. The van der Waals surface area contributed by atoms with Gasteiger partial charge in [-0.2, -0.15) is 0 Å². The number of aryl methyl sites for hydroxylation is 1. The summed E-state index contributed by atoms with van der Waals surface area (Å²) >= 11 is 0. The van der Waals surface area contributed by atoms with Crippen LogP contribution in [0.1, 0.15) is 24.0 Å². The zero-order valence-electron chi connectivity index (χ0n) is 16.3. The lowest BCUT2D eigenvalue weighted by Gasteiger charge is -2.17. The number of carbonyl (C=O) groups excluding carboxylic acids is 1. The van der Waals surface area contributed by atoms with E-state index in [0.717, 1.165) is 42.2 Å². The first-order valence-electron chi connectivity index (χ1n) is 10.0. The number of aromatic nitrogens is 3. The van der Waals surface area contributed by atoms with Crippen LogP contribution in [0.15, 0.2) is 58.4 Å². The number of nitrogens with one attached hydrogen (secondary N) is 2. The Balaban J connectivity index is 1.42. The molecule has 5 rings (SSSR count). The normalized spacial score (nSPS) is 13.3. The number of amides is 1. The molecular formula is C23H20N4O3. The molecule has 0 aliphatic heterocycles. The number of para-hydroxylation sites is 1. The van der Waals surface area contributed by atoms with Crippen LogP contribution >= 0.6 is 0 Å². The average molecular weight is 400 g/mol. The minimum absolute atomic E-state index is 0.0468. The summed E-state index contributed by atoms with van der Waals surface area (Å²) in [6.45, 7) is -0.143. The predicted octanol–water partition coefficient (Wildman–Crippen LogP) is 2.76. The van der Waals surface area contributed by atoms with E-state index in [1.54, 1.807) is 24.3 Å². The van der Waals surface area contributed by atoms with E-state index in [2.05, 4.69) is 15.3 Å². The summed E-state index contributed by atoms with van der Waals surface area (Å²) in [4.78, 5) is 44.7. The Labute approximate surface area is 171 Å². The first-order chi connectivity index (χ1) is 14.6. The van der Waals surface area contributed by atoms with Gasteiger partial charge in [0, 0.05) is 16.6 Å². The van der Waals surface area contributed by atoms with Crippen LogP contribution in [0.5, 0.6) is 0 Å². The van der Waals surface area contributed by atoms with Gasteiger partial charge in [-0.3, -0.25) is 19.0 Å². The molecule has 0 spiro atoms. The molecule has 2 aromatic carbocycles. The Hall–Kier alpha value is -3.74. The van der Waals surface area contributed by atoms with Crippen molar-refractivity contribution in [1.82, 2.24) is 14.5 Å². The van der Waals surface area contributed by atoms with Crippen molar-refractivity contribution in [2.24, 2.45) is 0 Å². The molecule has 0 unspecified atom stereocenters. The summed E-state index contributed by atoms with van der Waals surface area (Å²) in [5.41, 5.74) is 3.57. The molecule has 1 aliphatic rings. The van der Waals surface area contributed by atoms with E-state index in [1.807, 2.05) is 18.2 Å². The largest absolute Gasteiger partial charge is 0.324 e. The molecule has 30 heavy (non-hydrogen) atoms. The maximum atomic E-state index is 12.6. The first kappa shape index (κ1) is 18.3. The third-order valence-electron chi connectivity index (χ3n) is 5.66. The number of fused-ring (bicyclic) bond motifs is 4. The molecule has 7 heteroatoms. The lowest BCUT2D eigenvalue weighted by Crippen LogP contribution is -2.27. The average Bonchev–Trinajstić information content (AvgIpc) is 2.76. The summed E-state index contributed by atoms with van der Waals surface area (Å²) in [6.07, 6.45) is 5.22. The van der Waals surface area contributed by atoms with E-state index in [-0.39, 0.29) is 23.6 Å². The molecule has 2 N–H and O–H groups in total. The van der Waals surface area contributed by atoms with E-state index < -0.39 is 0 Å². The number of aromatic amines is 1. The highest BCUT2D eigenvalue weighted by atomic mass is 16.2. The number of hydrogen-bond donors (Lipinski definition) is 2. The Bertz CT molecular complexity index is 1420. The number of anilines is 1. The van der Waals surface area contributed by atoms with Gasteiger partial charge in [0.15, 0.2) is 0 Å². The minimum Gasteiger partial charge on any atom is -0.324 e. The van der Waals surface area contributed by atoms with Gasteiger partial charge in [0.1, 0.15) is 6.54 Å². The van der Waals surface area contributed by atoms with E-state index in [1.165, 1.54) is 10.9 Å². The number of rotatable bonds is 3. The summed E-state index contributed by atoms with van der Waals surface area (Å²) in [5, 5.41) is 4.31. The van der Waals surface area contributed by atoms with Gasteiger partial charge in [0.05, 0.1) is 22.7 Å². The Kier molecular flexibility index (Phi) is 4.43. The molecule has 0 saturated heterocycles. The van der Waals surface area contributed by atoms with Gasteiger partial charge >= 0.3 is 0 Å². The summed E-state index contributed by atoms with van der Waals surface area (Å²) in [6, 6.07) is 12.6. The number of nitrogens with zero attached hydrogens (tertiary/aromatic N) is 2. The molecule has 0 fully saturated rings. The molecule has 4 aromatic rings. The van der Waals surface area contributed by atoms with E-state index >= 15 is 0 Å². The third kappa shape index (κ3) is 3.18. The molecular weight excluding hydrogens is 380 g/mol. The standard InChI is InChI=1S/C23H20N4O3/c28-21(12-27-13-24-19-8-4-3-7-18(19)23(27)30)25-14-9-10-16-15-5-1-2-6-17(15)22(29)26-20(16)11-14/h3-4,7-11,13H,1-2,5-6,12H2,(H,25,28)(H,26,29). The molecule has 0 atom stereocenters. The number of H-pyrrole nitrogens is 1. The van der Waals surface area contributed by atoms with Gasteiger partial charge < -0.3 is 10.3 Å². The Morgan fingerprint density at radius 1 is 1.03 bits per heavy atom. The van der Waals surface area contributed by atoms with Crippen LogP contribution in [0, 0.1) is 0 Å². The van der Waals surface area contributed by atoms with Crippen molar-refractivity contribution < 1.29 is 4.79 Å². The Morgan fingerprint density at radius 3 is 2.70 bits per heavy atom. The summed E-state index contributed by atoms with van der Waals surface area (Å²) < 4.78 is 1.29. The second-order valence-corrected chi connectivity index (χ2v) is 7.62. The highest BCUT2D eigenvalue weighted by Gasteiger charge is 2.17. The van der Waals surface area contributed by atoms with Crippen LogP contribution in [0.4, 0.5) is 5.69 Å². The summed E-state index contributed by atoms with van der Waals surface area (Å²) in [5.74, 6) is -0.339. The van der Waals surface area contributed by atoms with Crippen molar-refractivity contribution in [3.8, 4) is 0 Å². The molecule has 150 valence electrons. The van der Waals surface area contributed by atoms with Gasteiger partial charge in [0.25, 0.3) is 11.1 Å². The molecule has 0 bridgehead atoms. The monoisotopic (exact) mass is 400 g/mol. The summed E-state index contributed by atoms with van der Waals surface area (Å²) in [7, 11) is 0. The maximum absolute atomic E-state index is 12.6. The van der Waals surface area contributed by atoms with Crippen molar-refractivity contribution in [1.29, 1.82) is 0 Å². The number of carbonyl (C=O) groups is 1. The van der Waals surface area contributed by atoms with Crippen LogP contribution in [0.25, 0.3) is 21.8 Å². The van der Waals surface area contributed by atoms with Gasteiger partial charge in [-0.25, -0.2) is 4.98 Å². The fraction of sp³-hybridized carbons (Fsp3) is 0.217. The van der Waals surface area contributed by atoms with Gasteiger partial charge in [-0.15, -0.1) is 0 Å². The minimum atomic E-state index is -0.339. The lowest BCUT2D eigenvalue weighted by atomic mass is 9.90. The van der Waals surface area contributed by atoms with Crippen molar-refractivity contribution in [3.05, 3.63) is 80.6 Å². The van der Waals surface area contributed by atoms with Gasteiger partial charge in [-0.1, -0.05) is 18.2 Å². The van der Waals surface area contributed by atoms with E-state index in [0.29, 0.717) is 22.1 Å². The lowest BCUT2D eigenvalue weighted by molar-refractivity contribution is -0.116. The Morgan fingerprint density at radius 2 is 1.83 bits per heavy atom. The van der Waals surface area contributed by atoms with Crippen molar-refractivity contribution in [3.63, 3.8) is 0 Å². The predicted molar refractivity (Wildman–Crippen MR) is 116 cm³/mol. The molecule has 0 saturated carbocycles. The fourth-order valence-electron chi connectivity index (χ4n) is 4.21. The quantitative estimate of drug-likeness (QED) is 0.553. The van der Waals surface area contributed by atoms with Crippen molar-refractivity contribution in [2.45, 2.75) is 32.2 Å².